The lowest BCUT2D eigenvalue weighted by Gasteiger charge is -2.12. The van der Waals surface area contributed by atoms with E-state index in [1.54, 1.807) is 0 Å². The van der Waals surface area contributed by atoms with E-state index in [0.717, 1.165) is 6.07 Å². The van der Waals surface area contributed by atoms with Gasteiger partial charge in [-0.05, 0) is 17.7 Å². The fourth-order valence-corrected chi connectivity index (χ4v) is 1.20. The van der Waals surface area contributed by atoms with E-state index in [-0.39, 0.29) is 12.2 Å². The van der Waals surface area contributed by atoms with Crippen molar-refractivity contribution in [1.82, 2.24) is 0 Å². The highest BCUT2D eigenvalue weighted by Gasteiger charge is 2.34. The third kappa shape index (κ3) is 2.66. The maximum Gasteiger partial charge on any atom is 0.419 e. The Balaban J connectivity index is 3.16. The topological polar surface area (TPSA) is 9.23 Å². The van der Waals surface area contributed by atoms with Gasteiger partial charge in [0.15, 0.2) is 0 Å². The summed E-state index contributed by atoms with van der Waals surface area (Å²) in [6.07, 6.45) is 0.946. The van der Waals surface area contributed by atoms with Gasteiger partial charge in [0.05, 0.1) is 12.7 Å². The van der Waals surface area contributed by atoms with Crippen molar-refractivity contribution in [2.75, 3.05) is 7.11 Å². The first kappa shape index (κ1) is 11.4. The lowest BCUT2D eigenvalue weighted by Crippen LogP contribution is -2.07. The Morgan fingerprint density at radius 3 is 2.53 bits per heavy atom. The second kappa shape index (κ2) is 4.26. The molecule has 0 saturated heterocycles. The lowest BCUT2D eigenvalue weighted by molar-refractivity contribution is -0.138. The van der Waals surface area contributed by atoms with Gasteiger partial charge in [-0.2, -0.15) is 13.2 Å². The van der Waals surface area contributed by atoms with Crippen molar-refractivity contribution in [3.63, 3.8) is 0 Å². The minimum absolute atomic E-state index is 0.199. The molecule has 0 aromatic heterocycles. The summed E-state index contributed by atoms with van der Waals surface area (Å²) in [4.78, 5) is 0. The minimum Gasteiger partial charge on any atom is -0.496 e. The van der Waals surface area contributed by atoms with Crippen LogP contribution in [0.5, 0.6) is 5.75 Å². The largest absolute Gasteiger partial charge is 0.496 e. The van der Waals surface area contributed by atoms with Gasteiger partial charge in [-0.3, -0.25) is 0 Å². The fraction of sp³-hybridized carbons (Fsp3) is 0.273. The van der Waals surface area contributed by atoms with Crippen LogP contribution in [0.25, 0.3) is 0 Å². The highest BCUT2D eigenvalue weighted by Crippen LogP contribution is 2.36. The first-order valence-corrected chi connectivity index (χ1v) is 4.16. The van der Waals surface area contributed by atoms with Crippen LogP contribution in [-0.2, 0) is 12.6 Å². The van der Waals surface area contributed by atoms with E-state index in [9.17, 15) is 13.2 Å². The van der Waals surface area contributed by atoms with Gasteiger partial charge >= 0.3 is 6.18 Å². The van der Waals surface area contributed by atoms with Gasteiger partial charge in [0.25, 0.3) is 0 Å². The number of rotatable bonds is 2. The minimum atomic E-state index is -4.40. The molecule has 0 radical (unpaired) electrons. The molecule has 0 atom stereocenters. The van der Waals surface area contributed by atoms with E-state index in [1.807, 2.05) is 0 Å². The summed E-state index contributed by atoms with van der Waals surface area (Å²) in [7, 11) is 1.20. The molecule has 80 valence electrons. The van der Waals surface area contributed by atoms with E-state index < -0.39 is 11.7 Å². The Kier molecular flexibility index (Phi) is 3.25. The Morgan fingerprint density at radius 2 is 2.07 bits per heavy atom. The monoisotopic (exact) mass is 214 g/mol. The van der Waals surface area contributed by atoms with Gasteiger partial charge < -0.3 is 4.74 Å². The molecular weight excluding hydrogens is 205 g/mol. The molecule has 0 aliphatic rings. The molecule has 0 fully saturated rings. The molecule has 1 rings (SSSR count). The number of benzene rings is 1. The second-order valence-corrected chi connectivity index (χ2v) is 2.91. The number of hydrogen-bond donors (Lipinski definition) is 0. The van der Waals surface area contributed by atoms with Crippen molar-refractivity contribution in [1.29, 1.82) is 0 Å². The Labute approximate surface area is 85.9 Å². The smallest absolute Gasteiger partial charge is 0.419 e. The lowest BCUT2D eigenvalue weighted by atomic mass is 10.1. The highest BCUT2D eigenvalue weighted by atomic mass is 19.4. The molecule has 1 aromatic carbocycles. The molecule has 0 aliphatic carbocycles. The Hall–Kier alpha value is -1.63. The van der Waals surface area contributed by atoms with Crippen LogP contribution in [0.4, 0.5) is 13.2 Å². The molecule has 0 spiro atoms. The summed E-state index contributed by atoms with van der Waals surface area (Å²) in [5, 5.41) is 0. The molecule has 1 aromatic rings. The molecule has 0 unspecified atom stereocenters. The van der Waals surface area contributed by atoms with Gasteiger partial charge in [-0.1, -0.05) is 6.07 Å². The average Bonchev–Trinajstić information content (AvgIpc) is 2.16. The normalized spacial score (nSPS) is 10.9. The number of terminal acetylenes is 1. The summed E-state index contributed by atoms with van der Waals surface area (Å²) in [6.45, 7) is 0. The SMILES string of the molecule is C#CCc1ccc(C(F)(F)F)c(OC)c1. The predicted molar refractivity (Wildman–Crippen MR) is 50.5 cm³/mol. The van der Waals surface area contributed by atoms with Crippen LogP contribution >= 0.6 is 0 Å². The molecule has 15 heavy (non-hydrogen) atoms. The predicted octanol–water partition coefficient (Wildman–Crippen LogP) is 2.89. The molecule has 0 amide bonds. The van der Waals surface area contributed by atoms with E-state index in [4.69, 9.17) is 6.42 Å². The van der Waals surface area contributed by atoms with Gasteiger partial charge in [-0.25, -0.2) is 0 Å². The summed E-state index contributed by atoms with van der Waals surface area (Å²) >= 11 is 0. The Morgan fingerprint density at radius 1 is 1.40 bits per heavy atom. The molecule has 0 aliphatic heterocycles. The van der Waals surface area contributed by atoms with Crippen LogP contribution in [-0.4, -0.2) is 7.11 Å². The molecule has 0 heterocycles. The van der Waals surface area contributed by atoms with Crippen LogP contribution in [0.1, 0.15) is 11.1 Å². The second-order valence-electron chi connectivity index (χ2n) is 2.91. The summed E-state index contributed by atoms with van der Waals surface area (Å²) in [5.41, 5.74) is -0.159. The number of methoxy groups -OCH3 is 1. The summed E-state index contributed by atoms with van der Waals surface area (Å²) in [6, 6.07) is 3.64. The fourth-order valence-electron chi connectivity index (χ4n) is 1.20. The van der Waals surface area contributed by atoms with Crippen LogP contribution in [0.15, 0.2) is 18.2 Å². The van der Waals surface area contributed by atoms with Crippen molar-refractivity contribution >= 4 is 0 Å². The van der Waals surface area contributed by atoms with Gasteiger partial charge in [0.2, 0.25) is 0 Å². The maximum absolute atomic E-state index is 12.4. The van der Waals surface area contributed by atoms with Crippen LogP contribution in [0, 0.1) is 12.3 Å². The number of ether oxygens (including phenoxy) is 1. The zero-order valence-corrected chi connectivity index (χ0v) is 8.06. The van der Waals surface area contributed by atoms with Crippen molar-refractivity contribution in [2.24, 2.45) is 0 Å². The quantitative estimate of drug-likeness (QED) is 0.688. The first-order valence-electron chi connectivity index (χ1n) is 4.16. The number of alkyl halides is 3. The van der Waals surface area contributed by atoms with E-state index in [0.29, 0.717) is 5.56 Å². The van der Waals surface area contributed by atoms with E-state index >= 15 is 0 Å². The Bertz CT molecular complexity index is 388. The molecule has 0 saturated carbocycles. The van der Waals surface area contributed by atoms with Crippen LogP contribution < -0.4 is 4.74 Å². The van der Waals surface area contributed by atoms with Gasteiger partial charge in [-0.15, -0.1) is 12.3 Å². The van der Waals surface area contributed by atoms with Gasteiger partial charge in [0, 0.05) is 6.42 Å². The molecule has 1 nitrogen and oxygen atoms in total. The van der Waals surface area contributed by atoms with Crippen molar-refractivity contribution in [3.05, 3.63) is 29.3 Å². The van der Waals surface area contributed by atoms with Crippen molar-refractivity contribution in [3.8, 4) is 18.1 Å². The number of hydrogen-bond acceptors (Lipinski definition) is 1. The molecule has 0 N–H and O–H groups in total. The summed E-state index contributed by atoms with van der Waals surface area (Å²) in [5.74, 6) is 2.16. The van der Waals surface area contributed by atoms with Crippen LogP contribution in [0.2, 0.25) is 0 Å². The molecule has 0 bridgehead atoms. The van der Waals surface area contributed by atoms with Crippen molar-refractivity contribution < 1.29 is 17.9 Å². The third-order valence-corrected chi connectivity index (χ3v) is 1.88. The first-order chi connectivity index (χ1) is 6.99. The third-order valence-electron chi connectivity index (χ3n) is 1.88. The van der Waals surface area contributed by atoms with Gasteiger partial charge in [0.1, 0.15) is 5.75 Å². The zero-order chi connectivity index (χ0) is 11.5. The average molecular weight is 214 g/mol. The highest BCUT2D eigenvalue weighted by molar-refractivity contribution is 5.40. The van der Waals surface area contributed by atoms with E-state index in [2.05, 4.69) is 10.7 Å². The molecule has 4 heteroatoms. The van der Waals surface area contributed by atoms with Crippen molar-refractivity contribution in [2.45, 2.75) is 12.6 Å². The standard InChI is InChI=1S/C11H9F3O/c1-3-4-8-5-6-9(11(12,13)14)10(7-8)15-2/h1,5-7H,4H2,2H3. The van der Waals surface area contributed by atoms with Crippen LogP contribution in [0.3, 0.4) is 0 Å². The molecular formula is C11H9F3O. The van der Waals surface area contributed by atoms with E-state index in [1.165, 1.54) is 19.2 Å². The maximum atomic E-state index is 12.4. The number of halogens is 3. The zero-order valence-electron chi connectivity index (χ0n) is 8.06. The summed E-state index contributed by atoms with van der Waals surface area (Å²) < 4.78 is 42.0.